The lowest BCUT2D eigenvalue weighted by Crippen LogP contribution is -2.41. The van der Waals surface area contributed by atoms with Gasteiger partial charge in [0.2, 0.25) is 5.91 Å². The highest BCUT2D eigenvalue weighted by atomic mass is 32.2. The molecule has 2 N–H and O–H groups in total. The van der Waals surface area contributed by atoms with Crippen molar-refractivity contribution in [2.75, 3.05) is 13.1 Å². The molecule has 1 aliphatic rings. The fourth-order valence-corrected chi connectivity index (χ4v) is 4.08. The Morgan fingerprint density at radius 1 is 1.41 bits per heavy atom. The van der Waals surface area contributed by atoms with E-state index in [-0.39, 0.29) is 23.3 Å². The minimum atomic E-state index is -3.65. The first-order valence-electron chi connectivity index (χ1n) is 7.35. The number of benzene rings is 1. The average molecular weight is 328 g/mol. The summed E-state index contributed by atoms with van der Waals surface area (Å²) < 4.78 is 37.8. The van der Waals surface area contributed by atoms with Crippen LogP contribution in [0.4, 0.5) is 4.39 Å². The highest BCUT2D eigenvalue weighted by Gasteiger charge is 2.32. The second-order valence-electron chi connectivity index (χ2n) is 5.63. The molecule has 1 aliphatic heterocycles. The molecular formula is C15H21FN2O3S. The van der Waals surface area contributed by atoms with Gasteiger partial charge in [0, 0.05) is 25.6 Å². The summed E-state index contributed by atoms with van der Waals surface area (Å²) in [6.07, 6.45) is 1.67. The van der Waals surface area contributed by atoms with Crippen LogP contribution >= 0.6 is 0 Å². The first kappa shape index (κ1) is 16.9. The van der Waals surface area contributed by atoms with E-state index in [1.807, 2.05) is 0 Å². The number of halogens is 1. The van der Waals surface area contributed by atoms with Crippen molar-refractivity contribution in [3.8, 4) is 0 Å². The fraction of sp³-hybridized carbons (Fsp3) is 0.533. The molecule has 1 heterocycles. The summed E-state index contributed by atoms with van der Waals surface area (Å²) in [6.45, 7) is 2.53. The Kier molecular flexibility index (Phi) is 5.18. The normalized spacial score (nSPS) is 20.1. The van der Waals surface area contributed by atoms with Crippen LogP contribution in [0.2, 0.25) is 0 Å². The van der Waals surface area contributed by atoms with Crippen LogP contribution < -0.4 is 5.73 Å². The molecule has 1 aromatic rings. The molecule has 22 heavy (non-hydrogen) atoms. The Bertz CT molecular complexity index is 631. The summed E-state index contributed by atoms with van der Waals surface area (Å²) in [7, 11) is -3.65. The number of likely N-dealkylation sites (tertiary alicyclic amines) is 1. The molecule has 1 fully saturated rings. The standard InChI is InChI=1S/C15H21FN2O3S/c1-11(9-15(19)18-8-2-3-13(18)10-17)22(20,21)14-6-4-12(16)5-7-14/h4-7,11,13H,2-3,8-10,17H2,1H3/t11-,13-/m0/s1. The molecule has 0 aromatic heterocycles. The van der Waals surface area contributed by atoms with E-state index < -0.39 is 20.9 Å². The summed E-state index contributed by atoms with van der Waals surface area (Å²) in [5.41, 5.74) is 5.64. The molecule has 122 valence electrons. The molecule has 0 unspecified atom stereocenters. The Labute approximate surface area is 130 Å². The molecule has 5 nitrogen and oxygen atoms in total. The highest BCUT2D eigenvalue weighted by molar-refractivity contribution is 7.92. The fourth-order valence-electron chi connectivity index (χ4n) is 2.74. The summed E-state index contributed by atoms with van der Waals surface area (Å²) >= 11 is 0. The van der Waals surface area contributed by atoms with Crippen LogP contribution in [0.3, 0.4) is 0 Å². The topological polar surface area (TPSA) is 80.5 Å². The zero-order chi connectivity index (χ0) is 16.3. The van der Waals surface area contributed by atoms with Gasteiger partial charge in [0.1, 0.15) is 5.82 Å². The van der Waals surface area contributed by atoms with Gasteiger partial charge in [-0.05, 0) is 44.0 Å². The Morgan fingerprint density at radius 2 is 2.05 bits per heavy atom. The zero-order valence-electron chi connectivity index (χ0n) is 12.5. The molecule has 0 bridgehead atoms. The largest absolute Gasteiger partial charge is 0.338 e. The molecule has 0 saturated carbocycles. The molecule has 0 spiro atoms. The van der Waals surface area contributed by atoms with E-state index in [1.165, 1.54) is 19.1 Å². The van der Waals surface area contributed by atoms with Crippen LogP contribution in [0, 0.1) is 5.82 Å². The Balaban J connectivity index is 2.09. The second-order valence-corrected chi connectivity index (χ2v) is 8.00. The van der Waals surface area contributed by atoms with Crippen LogP contribution in [0.25, 0.3) is 0 Å². The summed E-state index contributed by atoms with van der Waals surface area (Å²) in [5.74, 6) is -0.684. The van der Waals surface area contributed by atoms with E-state index in [4.69, 9.17) is 5.73 Å². The predicted octanol–water partition coefficient (Wildman–Crippen LogP) is 1.33. The zero-order valence-corrected chi connectivity index (χ0v) is 13.4. The number of carbonyl (C=O) groups is 1. The van der Waals surface area contributed by atoms with E-state index >= 15 is 0 Å². The third-order valence-electron chi connectivity index (χ3n) is 4.10. The van der Waals surface area contributed by atoms with E-state index in [0.29, 0.717) is 13.1 Å². The van der Waals surface area contributed by atoms with Gasteiger partial charge in [0.15, 0.2) is 9.84 Å². The molecule has 2 rings (SSSR count). The highest BCUT2D eigenvalue weighted by Crippen LogP contribution is 2.22. The molecule has 0 radical (unpaired) electrons. The molecular weight excluding hydrogens is 307 g/mol. The lowest BCUT2D eigenvalue weighted by Gasteiger charge is -2.25. The molecule has 7 heteroatoms. The summed E-state index contributed by atoms with van der Waals surface area (Å²) in [4.78, 5) is 14.0. The van der Waals surface area contributed by atoms with Gasteiger partial charge in [-0.25, -0.2) is 12.8 Å². The number of amides is 1. The Morgan fingerprint density at radius 3 is 2.64 bits per heavy atom. The smallest absolute Gasteiger partial charge is 0.224 e. The lowest BCUT2D eigenvalue weighted by atomic mass is 10.2. The first-order chi connectivity index (χ1) is 10.4. The number of sulfone groups is 1. The minimum Gasteiger partial charge on any atom is -0.338 e. The van der Waals surface area contributed by atoms with E-state index in [1.54, 1.807) is 4.90 Å². The number of rotatable bonds is 5. The third kappa shape index (κ3) is 3.47. The summed E-state index contributed by atoms with van der Waals surface area (Å²) in [6, 6.07) is 4.67. The van der Waals surface area contributed by atoms with Crippen molar-refractivity contribution in [3.63, 3.8) is 0 Å². The van der Waals surface area contributed by atoms with Crippen molar-refractivity contribution in [1.82, 2.24) is 4.90 Å². The number of carbonyl (C=O) groups excluding carboxylic acids is 1. The van der Waals surface area contributed by atoms with Gasteiger partial charge >= 0.3 is 0 Å². The third-order valence-corrected chi connectivity index (χ3v) is 6.26. The maximum Gasteiger partial charge on any atom is 0.224 e. The minimum absolute atomic E-state index is 0.00762. The van der Waals surface area contributed by atoms with Gasteiger partial charge in [0.25, 0.3) is 0 Å². The molecule has 2 atom stereocenters. The maximum atomic E-state index is 12.9. The van der Waals surface area contributed by atoms with E-state index in [0.717, 1.165) is 25.0 Å². The number of hydrogen-bond acceptors (Lipinski definition) is 4. The van der Waals surface area contributed by atoms with Crippen LogP contribution in [-0.2, 0) is 14.6 Å². The van der Waals surface area contributed by atoms with Crippen molar-refractivity contribution >= 4 is 15.7 Å². The van der Waals surface area contributed by atoms with Gasteiger partial charge < -0.3 is 10.6 Å². The quantitative estimate of drug-likeness (QED) is 0.827. The van der Waals surface area contributed by atoms with Crippen LogP contribution in [0.15, 0.2) is 29.2 Å². The monoisotopic (exact) mass is 328 g/mol. The maximum absolute atomic E-state index is 12.9. The van der Waals surface area contributed by atoms with Gasteiger partial charge in [-0.1, -0.05) is 0 Å². The van der Waals surface area contributed by atoms with Crippen LogP contribution in [0.5, 0.6) is 0 Å². The van der Waals surface area contributed by atoms with E-state index in [2.05, 4.69) is 0 Å². The number of nitrogens with two attached hydrogens (primary N) is 1. The molecule has 0 aliphatic carbocycles. The Hall–Kier alpha value is -1.47. The van der Waals surface area contributed by atoms with Crippen molar-refractivity contribution in [2.45, 2.75) is 42.4 Å². The van der Waals surface area contributed by atoms with Crippen LogP contribution in [0.1, 0.15) is 26.2 Å². The SMILES string of the molecule is C[C@@H](CC(=O)N1CCC[C@H]1CN)S(=O)(=O)c1ccc(F)cc1. The van der Waals surface area contributed by atoms with Crippen molar-refractivity contribution in [3.05, 3.63) is 30.1 Å². The van der Waals surface area contributed by atoms with E-state index in [9.17, 15) is 17.6 Å². The lowest BCUT2D eigenvalue weighted by molar-refractivity contribution is -0.131. The van der Waals surface area contributed by atoms with Crippen molar-refractivity contribution in [2.24, 2.45) is 5.73 Å². The van der Waals surface area contributed by atoms with Gasteiger partial charge in [0.05, 0.1) is 10.1 Å². The first-order valence-corrected chi connectivity index (χ1v) is 8.90. The summed E-state index contributed by atoms with van der Waals surface area (Å²) in [5, 5.41) is -0.857. The molecule has 1 aromatic carbocycles. The van der Waals surface area contributed by atoms with Gasteiger partial charge in [-0.3, -0.25) is 4.79 Å². The van der Waals surface area contributed by atoms with Gasteiger partial charge in [-0.15, -0.1) is 0 Å². The van der Waals surface area contributed by atoms with Gasteiger partial charge in [-0.2, -0.15) is 0 Å². The number of hydrogen-bond donors (Lipinski definition) is 1. The predicted molar refractivity (Wildman–Crippen MR) is 81.5 cm³/mol. The van der Waals surface area contributed by atoms with Crippen molar-refractivity contribution in [1.29, 1.82) is 0 Å². The average Bonchev–Trinajstić information content (AvgIpc) is 2.96. The molecule has 1 saturated heterocycles. The molecule has 1 amide bonds. The van der Waals surface area contributed by atoms with Crippen molar-refractivity contribution < 1.29 is 17.6 Å². The van der Waals surface area contributed by atoms with Crippen LogP contribution in [-0.4, -0.2) is 43.6 Å². The number of nitrogens with zero attached hydrogens (tertiary/aromatic N) is 1. The second kappa shape index (κ2) is 6.75.